The standard InChI is InChI=1S/C16H31BN/c1-16(2,3)17-18(14-10-6-4-7-11-14)15-12-8-5-9-13-15/h14-15H,4-13H2,1-3H3. The Bertz CT molecular complexity index is 216. The molecule has 1 radical (unpaired) electrons. The molecular weight excluding hydrogens is 217 g/mol. The molecule has 0 saturated heterocycles. The van der Waals surface area contributed by atoms with E-state index in [1.54, 1.807) is 0 Å². The van der Waals surface area contributed by atoms with Crippen molar-refractivity contribution < 1.29 is 0 Å². The maximum absolute atomic E-state index is 2.80. The minimum Gasteiger partial charge on any atom is -0.341 e. The van der Waals surface area contributed by atoms with E-state index in [9.17, 15) is 0 Å². The molecule has 0 amide bonds. The van der Waals surface area contributed by atoms with E-state index in [1.165, 1.54) is 64.2 Å². The first-order chi connectivity index (χ1) is 8.56. The van der Waals surface area contributed by atoms with Crippen LogP contribution >= 0.6 is 0 Å². The maximum Gasteiger partial charge on any atom is 0.215 e. The molecule has 1 nitrogen and oxygen atoms in total. The molecule has 0 atom stereocenters. The second-order valence-electron chi connectivity index (χ2n) is 7.53. The van der Waals surface area contributed by atoms with Crippen molar-refractivity contribution >= 4 is 7.41 Å². The van der Waals surface area contributed by atoms with Crippen molar-refractivity contribution in [2.24, 2.45) is 0 Å². The minimum atomic E-state index is 0.328. The van der Waals surface area contributed by atoms with Crippen LogP contribution in [0.2, 0.25) is 5.31 Å². The third-order valence-electron chi connectivity index (χ3n) is 4.53. The van der Waals surface area contributed by atoms with E-state index in [1.807, 2.05) is 0 Å². The van der Waals surface area contributed by atoms with Gasteiger partial charge in [0.15, 0.2) is 0 Å². The highest BCUT2D eigenvalue weighted by Gasteiger charge is 2.32. The van der Waals surface area contributed by atoms with Crippen LogP contribution in [0.4, 0.5) is 0 Å². The van der Waals surface area contributed by atoms with Gasteiger partial charge < -0.3 is 4.81 Å². The topological polar surface area (TPSA) is 3.24 Å². The van der Waals surface area contributed by atoms with E-state index in [2.05, 4.69) is 33.0 Å². The third kappa shape index (κ3) is 4.29. The molecule has 0 aromatic rings. The van der Waals surface area contributed by atoms with Gasteiger partial charge in [0.2, 0.25) is 7.41 Å². The van der Waals surface area contributed by atoms with Gasteiger partial charge in [-0.2, -0.15) is 0 Å². The lowest BCUT2D eigenvalue weighted by molar-refractivity contribution is 0.166. The van der Waals surface area contributed by atoms with E-state index >= 15 is 0 Å². The van der Waals surface area contributed by atoms with Crippen molar-refractivity contribution in [2.45, 2.75) is 102 Å². The van der Waals surface area contributed by atoms with E-state index in [4.69, 9.17) is 0 Å². The molecule has 0 spiro atoms. The Labute approximate surface area is 115 Å². The maximum atomic E-state index is 2.80. The Morgan fingerprint density at radius 3 is 1.44 bits per heavy atom. The highest BCUT2D eigenvalue weighted by Crippen LogP contribution is 2.33. The summed E-state index contributed by atoms with van der Waals surface area (Å²) < 4.78 is 0. The average Bonchev–Trinajstić information content (AvgIpc) is 2.37. The summed E-state index contributed by atoms with van der Waals surface area (Å²) in [5, 5.41) is 0.328. The molecule has 0 aromatic carbocycles. The molecule has 0 aromatic heterocycles. The van der Waals surface area contributed by atoms with Crippen LogP contribution in [0, 0.1) is 0 Å². The molecular formula is C16H31BN. The lowest BCUT2D eigenvalue weighted by Crippen LogP contribution is -2.49. The van der Waals surface area contributed by atoms with Crippen LogP contribution in [0.5, 0.6) is 0 Å². The van der Waals surface area contributed by atoms with Crippen LogP contribution in [-0.4, -0.2) is 24.3 Å². The van der Waals surface area contributed by atoms with Crippen molar-refractivity contribution in [3.63, 3.8) is 0 Å². The second-order valence-corrected chi connectivity index (χ2v) is 7.53. The molecule has 0 heterocycles. The minimum absolute atomic E-state index is 0.328. The van der Waals surface area contributed by atoms with Gasteiger partial charge in [0.1, 0.15) is 0 Å². The van der Waals surface area contributed by atoms with Crippen molar-refractivity contribution in [2.75, 3.05) is 0 Å². The summed E-state index contributed by atoms with van der Waals surface area (Å²) in [6, 6.07) is 1.70. The van der Waals surface area contributed by atoms with Crippen LogP contribution in [0.25, 0.3) is 0 Å². The number of hydrogen-bond acceptors (Lipinski definition) is 1. The molecule has 18 heavy (non-hydrogen) atoms. The summed E-state index contributed by atoms with van der Waals surface area (Å²) in [4.78, 5) is 2.80. The van der Waals surface area contributed by atoms with Gasteiger partial charge in [0, 0.05) is 0 Å². The van der Waals surface area contributed by atoms with Gasteiger partial charge in [-0.1, -0.05) is 59.3 Å². The quantitative estimate of drug-likeness (QED) is 0.649. The molecule has 2 aliphatic rings. The van der Waals surface area contributed by atoms with Crippen molar-refractivity contribution in [1.82, 2.24) is 4.81 Å². The van der Waals surface area contributed by atoms with Gasteiger partial charge in [-0.05, 0) is 43.1 Å². The monoisotopic (exact) mass is 248 g/mol. The zero-order chi connectivity index (χ0) is 13.0. The van der Waals surface area contributed by atoms with Crippen molar-refractivity contribution in [3.05, 3.63) is 0 Å². The Morgan fingerprint density at radius 2 is 1.11 bits per heavy atom. The molecule has 0 N–H and O–H groups in total. The zero-order valence-electron chi connectivity index (χ0n) is 12.8. The lowest BCUT2D eigenvalue weighted by atomic mass is 9.60. The number of nitrogens with zero attached hydrogens (tertiary/aromatic N) is 1. The van der Waals surface area contributed by atoms with Crippen LogP contribution in [0.1, 0.15) is 85.0 Å². The predicted octanol–water partition coefficient (Wildman–Crippen LogP) is 4.79. The van der Waals surface area contributed by atoms with Gasteiger partial charge >= 0.3 is 0 Å². The lowest BCUT2D eigenvalue weighted by Gasteiger charge is -2.44. The summed E-state index contributed by atoms with van der Waals surface area (Å²) in [6.45, 7) is 7.06. The first-order valence-electron chi connectivity index (χ1n) is 8.20. The Balaban J connectivity index is 2.00. The van der Waals surface area contributed by atoms with E-state index < -0.39 is 0 Å². The third-order valence-corrected chi connectivity index (χ3v) is 4.53. The molecule has 2 rings (SSSR count). The fourth-order valence-electron chi connectivity index (χ4n) is 3.71. The molecule has 0 unspecified atom stereocenters. The molecule has 2 aliphatic carbocycles. The Morgan fingerprint density at radius 1 is 0.722 bits per heavy atom. The van der Waals surface area contributed by atoms with Crippen molar-refractivity contribution in [3.8, 4) is 0 Å². The first-order valence-corrected chi connectivity index (χ1v) is 8.20. The van der Waals surface area contributed by atoms with Crippen LogP contribution < -0.4 is 0 Å². The highest BCUT2D eigenvalue weighted by molar-refractivity contribution is 6.36. The summed E-state index contributed by atoms with van der Waals surface area (Å²) in [5.74, 6) is 0. The molecule has 2 fully saturated rings. The van der Waals surface area contributed by atoms with Crippen molar-refractivity contribution in [1.29, 1.82) is 0 Å². The fraction of sp³-hybridized carbons (Fsp3) is 1.00. The summed E-state index contributed by atoms with van der Waals surface area (Å²) in [7, 11) is 2.57. The molecule has 103 valence electrons. The average molecular weight is 248 g/mol. The Kier molecular flexibility index (Phi) is 5.18. The molecule has 2 heteroatoms. The molecule has 0 aliphatic heterocycles. The summed E-state index contributed by atoms with van der Waals surface area (Å²) in [6.07, 6.45) is 14.5. The smallest absolute Gasteiger partial charge is 0.215 e. The second kappa shape index (κ2) is 6.46. The predicted molar refractivity (Wildman–Crippen MR) is 81.1 cm³/mol. The van der Waals surface area contributed by atoms with Gasteiger partial charge in [0.05, 0.1) is 0 Å². The van der Waals surface area contributed by atoms with E-state index in [0.29, 0.717) is 5.31 Å². The van der Waals surface area contributed by atoms with Gasteiger partial charge in [-0.25, -0.2) is 0 Å². The van der Waals surface area contributed by atoms with Gasteiger partial charge in [-0.3, -0.25) is 0 Å². The molecule has 0 bridgehead atoms. The first kappa shape index (κ1) is 14.4. The number of hydrogen-bond donors (Lipinski definition) is 0. The van der Waals surface area contributed by atoms with Crippen LogP contribution in [0.15, 0.2) is 0 Å². The van der Waals surface area contributed by atoms with Gasteiger partial charge in [0.25, 0.3) is 0 Å². The van der Waals surface area contributed by atoms with Gasteiger partial charge in [-0.15, -0.1) is 0 Å². The molecule has 2 saturated carbocycles. The normalized spacial score (nSPS) is 24.4. The van der Waals surface area contributed by atoms with E-state index in [-0.39, 0.29) is 0 Å². The summed E-state index contributed by atoms with van der Waals surface area (Å²) >= 11 is 0. The zero-order valence-corrected chi connectivity index (χ0v) is 12.8. The largest absolute Gasteiger partial charge is 0.341 e. The summed E-state index contributed by atoms with van der Waals surface area (Å²) in [5.41, 5.74) is 0. The van der Waals surface area contributed by atoms with Crippen LogP contribution in [0.3, 0.4) is 0 Å². The number of rotatable bonds is 3. The fourth-order valence-corrected chi connectivity index (χ4v) is 3.71. The Hall–Kier alpha value is 0.0249. The van der Waals surface area contributed by atoms with Crippen LogP contribution in [-0.2, 0) is 0 Å². The SMILES string of the molecule is CC(C)(C)[B]N(C1CCCCC1)C1CCCCC1. The highest BCUT2D eigenvalue weighted by atomic mass is 15.1. The van der Waals surface area contributed by atoms with E-state index in [0.717, 1.165) is 12.1 Å².